The van der Waals surface area contributed by atoms with Crippen molar-refractivity contribution >= 4 is 26.9 Å². The molecule has 1 aromatic carbocycles. The maximum atomic E-state index is 14.0. The van der Waals surface area contributed by atoms with Gasteiger partial charge in [-0.05, 0) is 12.1 Å². The third-order valence-electron chi connectivity index (χ3n) is 3.12. The van der Waals surface area contributed by atoms with Crippen LogP contribution in [0.15, 0.2) is 42.7 Å². The van der Waals surface area contributed by atoms with Crippen LogP contribution >= 0.6 is 0 Å². The molecule has 0 bridgehead atoms. The maximum absolute atomic E-state index is 14.0. The average Bonchev–Trinajstić information content (AvgIpc) is 2.95. The van der Waals surface area contributed by atoms with Gasteiger partial charge in [-0.2, -0.15) is 5.10 Å². The first-order chi connectivity index (χ1) is 11.7. The number of sulfonamides is 1. The molecule has 0 saturated carbocycles. The van der Waals surface area contributed by atoms with Crippen LogP contribution in [0, 0.1) is 15.9 Å². The zero-order chi connectivity index (χ0) is 18.2. The second kappa shape index (κ2) is 6.02. The van der Waals surface area contributed by atoms with Gasteiger partial charge in [0.25, 0.3) is 5.69 Å². The number of hydrogen-bond donors (Lipinski definition) is 1. The molecule has 11 heteroatoms. The van der Waals surface area contributed by atoms with Gasteiger partial charge in [0.15, 0.2) is 17.3 Å². The third kappa shape index (κ3) is 3.66. The molecule has 0 radical (unpaired) electrons. The second-order valence-corrected chi connectivity index (χ2v) is 6.85. The minimum atomic E-state index is -3.54. The van der Waals surface area contributed by atoms with Crippen LogP contribution in [0.5, 0.6) is 11.5 Å². The van der Waals surface area contributed by atoms with E-state index in [1.165, 1.54) is 23.0 Å². The topological polar surface area (TPSA) is 116 Å². The lowest BCUT2D eigenvalue weighted by atomic mass is 10.3. The van der Waals surface area contributed by atoms with Crippen molar-refractivity contribution in [2.75, 3.05) is 11.0 Å². The Balaban J connectivity index is 2.03. The Morgan fingerprint density at radius 2 is 2.04 bits per heavy atom. The van der Waals surface area contributed by atoms with Gasteiger partial charge < -0.3 is 4.74 Å². The van der Waals surface area contributed by atoms with Gasteiger partial charge in [0, 0.05) is 12.1 Å². The quantitative estimate of drug-likeness (QED) is 0.548. The summed E-state index contributed by atoms with van der Waals surface area (Å²) in [4.78, 5) is 9.94. The van der Waals surface area contributed by atoms with Crippen molar-refractivity contribution in [1.82, 2.24) is 9.61 Å². The Bertz CT molecular complexity index is 1080. The summed E-state index contributed by atoms with van der Waals surface area (Å²) in [6.45, 7) is 0. The summed E-state index contributed by atoms with van der Waals surface area (Å²) in [5.41, 5.74) is 0.208. The van der Waals surface area contributed by atoms with E-state index in [-0.39, 0.29) is 17.2 Å². The maximum Gasteiger partial charge on any atom is 0.272 e. The first-order valence-electron chi connectivity index (χ1n) is 6.80. The molecular weight excluding hydrogens is 355 g/mol. The van der Waals surface area contributed by atoms with Crippen molar-refractivity contribution < 1.29 is 22.5 Å². The van der Waals surface area contributed by atoms with Crippen molar-refractivity contribution in [3.63, 3.8) is 0 Å². The molecule has 0 atom stereocenters. The van der Waals surface area contributed by atoms with Crippen molar-refractivity contribution in [3.05, 3.63) is 58.7 Å². The highest BCUT2D eigenvalue weighted by atomic mass is 32.2. The summed E-state index contributed by atoms with van der Waals surface area (Å²) in [5, 5.41) is 14.7. The highest BCUT2D eigenvalue weighted by molar-refractivity contribution is 7.92. The standard InChI is InChI=1S/C14H11FN4O5S/c1-25(22,23)17-9-6-14(12-4-5-16-18(12)8-9)24-13-3-2-10(19(20)21)7-11(13)15/h2-8,17H,1H3. The van der Waals surface area contributed by atoms with Gasteiger partial charge in [0.1, 0.15) is 5.52 Å². The number of anilines is 1. The first-order valence-corrected chi connectivity index (χ1v) is 8.69. The number of pyridine rings is 1. The molecule has 3 aromatic rings. The zero-order valence-corrected chi connectivity index (χ0v) is 13.5. The minimum absolute atomic E-state index is 0.124. The predicted octanol–water partition coefficient (Wildman–Crippen LogP) is 2.55. The van der Waals surface area contributed by atoms with E-state index in [2.05, 4.69) is 9.82 Å². The highest BCUT2D eigenvalue weighted by Crippen LogP contribution is 2.32. The van der Waals surface area contributed by atoms with E-state index in [4.69, 9.17) is 4.74 Å². The van der Waals surface area contributed by atoms with Gasteiger partial charge >= 0.3 is 0 Å². The Labute approximate surface area is 140 Å². The monoisotopic (exact) mass is 366 g/mol. The number of rotatable bonds is 5. The number of benzene rings is 1. The van der Waals surface area contributed by atoms with Crippen LogP contribution in [-0.2, 0) is 10.0 Å². The van der Waals surface area contributed by atoms with Crippen LogP contribution in [0.2, 0.25) is 0 Å². The number of non-ortho nitro benzene ring substituents is 1. The van der Waals surface area contributed by atoms with Gasteiger partial charge in [-0.1, -0.05) is 0 Å². The summed E-state index contributed by atoms with van der Waals surface area (Å²) < 4.78 is 45.9. The summed E-state index contributed by atoms with van der Waals surface area (Å²) in [6.07, 6.45) is 3.87. The zero-order valence-electron chi connectivity index (χ0n) is 12.7. The van der Waals surface area contributed by atoms with Crippen LogP contribution in [0.3, 0.4) is 0 Å². The normalized spacial score (nSPS) is 11.4. The van der Waals surface area contributed by atoms with Crippen molar-refractivity contribution in [1.29, 1.82) is 0 Å². The van der Waals surface area contributed by atoms with E-state index >= 15 is 0 Å². The molecule has 0 aliphatic heterocycles. The van der Waals surface area contributed by atoms with Gasteiger partial charge in [-0.25, -0.2) is 17.3 Å². The number of fused-ring (bicyclic) bond motifs is 1. The van der Waals surface area contributed by atoms with Gasteiger partial charge in [-0.3, -0.25) is 14.8 Å². The molecule has 0 saturated heterocycles. The predicted molar refractivity (Wildman–Crippen MR) is 86.8 cm³/mol. The van der Waals surface area contributed by atoms with Gasteiger partial charge in [-0.15, -0.1) is 0 Å². The van der Waals surface area contributed by atoms with Crippen LogP contribution in [0.25, 0.3) is 5.52 Å². The largest absolute Gasteiger partial charge is 0.452 e. The molecule has 9 nitrogen and oxygen atoms in total. The van der Waals surface area contributed by atoms with E-state index < -0.39 is 26.5 Å². The number of nitro groups is 1. The Hall–Kier alpha value is -3.21. The summed E-state index contributed by atoms with van der Waals surface area (Å²) >= 11 is 0. The van der Waals surface area contributed by atoms with E-state index in [0.29, 0.717) is 5.52 Å². The number of nitrogens with zero attached hydrogens (tertiary/aromatic N) is 3. The van der Waals surface area contributed by atoms with E-state index in [0.717, 1.165) is 24.5 Å². The fourth-order valence-corrected chi connectivity index (χ4v) is 2.69. The van der Waals surface area contributed by atoms with Gasteiger partial charge in [0.05, 0.1) is 35.3 Å². The molecule has 0 spiro atoms. The molecule has 0 unspecified atom stereocenters. The smallest absolute Gasteiger partial charge is 0.272 e. The fraction of sp³-hybridized carbons (Fsp3) is 0.0714. The van der Waals surface area contributed by atoms with E-state index in [1.807, 2.05) is 0 Å². The lowest BCUT2D eigenvalue weighted by Crippen LogP contribution is -2.10. The molecule has 2 aromatic heterocycles. The molecular formula is C14H11FN4O5S. The molecule has 0 aliphatic carbocycles. The van der Waals surface area contributed by atoms with E-state index in [9.17, 15) is 22.9 Å². The van der Waals surface area contributed by atoms with E-state index in [1.54, 1.807) is 6.07 Å². The number of nitro benzene ring substituents is 1. The summed E-state index contributed by atoms with van der Waals surface area (Å²) in [6, 6.07) is 5.91. The number of ether oxygens (including phenoxy) is 1. The van der Waals surface area contributed by atoms with Crippen molar-refractivity contribution in [2.24, 2.45) is 0 Å². The highest BCUT2D eigenvalue weighted by Gasteiger charge is 2.15. The molecule has 0 fully saturated rings. The molecule has 1 N–H and O–H groups in total. The first kappa shape index (κ1) is 16.6. The Morgan fingerprint density at radius 1 is 1.28 bits per heavy atom. The lowest BCUT2D eigenvalue weighted by Gasteiger charge is -2.11. The number of nitrogens with one attached hydrogen (secondary N) is 1. The molecule has 130 valence electrons. The fourth-order valence-electron chi connectivity index (χ4n) is 2.15. The van der Waals surface area contributed by atoms with Crippen LogP contribution in [0.4, 0.5) is 15.8 Å². The summed E-state index contributed by atoms with van der Waals surface area (Å²) in [7, 11) is -3.54. The van der Waals surface area contributed by atoms with Crippen LogP contribution < -0.4 is 9.46 Å². The number of halogens is 1. The van der Waals surface area contributed by atoms with Crippen LogP contribution in [-0.4, -0.2) is 29.2 Å². The second-order valence-electron chi connectivity index (χ2n) is 5.10. The molecule has 25 heavy (non-hydrogen) atoms. The van der Waals surface area contributed by atoms with Crippen LogP contribution in [0.1, 0.15) is 0 Å². The summed E-state index contributed by atoms with van der Waals surface area (Å²) in [5.74, 6) is -1.04. The SMILES string of the molecule is CS(=O)(=O)Nc1cc(Oc2ccc([N+](=O)[O-])cc2F)c2ccnn2c1. The molecule has 3 rings (SSSR count). The Kier molecular flexibility index (Phi) is 4.00. The van der Waals surface area contributed by atoms with Crippen molar-refractivity contribution in [3.8, 4) is 11.5 Å². The molecule has 0 aliphatic rings. The average molecular weight is 366 g/mol. The Morgan fingerprint density at radius 3 is 2.68 bits per heavy atom. The molecule has 2 heterocycles. The molecule has 0 amide bonds. The lowest BCUT2D eigenvalue weighted by molar-refractivity contribution is -0.385. The van der Waals surface area contributed by atoms with Gasteiger partial charge in [0.2, 0.25) is 10.0 Å². The van der Waals surface area contributed by atoms with Crippen molar-refractivity contribution in [2.45, 2.75) is 0 Å². The minimum Gasteiger partial charge on any atom is -0.452 e. The third-order valence-corrected chi connectivity index (χ3v) is 3.73. The number of hydrogen-bond acceptors (Lipinski definition) is 6. The number of aromatic nitrogens is 2.